The first-order valence-electron chi connectivity index (χ1n) is 5.89. The van der Waals surface area contributed by atoms with Crippen molar-refractivity contribution in [1.29, 1.82) is 0 Å². The third kappa shape index (κ3) is 4.11. The van der Waals surface area contributed by atoms with E-state index in [9.17, 15) is 0 Å². The SMILES string of the molecule is CCCC(CN)Oc1ccc(OCC)cc1. The Morgan fingerprint density at radius 1 is 1.12 bits per heavy atom. The lowest BCUT2D eigenvalue weighted by Gasteiger charge is -2.16. The van der Waals surface area contributed by atoms with E-state index in [1.807, 2.05) is 31.2 Å². The van der Waals surface area contributed by atoms with Gasteiger partial charge in [-0.3, -0.25) is 0 Å². The molecule has 3 heteroatoms. The summed E-state index contributed by atoms with van der Waals surface area (Å²) in [5, 5.41) is 0. The molecule has 0 aromatic heterocycles. The maximum atomic E-state index is 5.76. The van der Waals surface area contributed by atoms with Gasteiger partial charge in [-0.05, 0) is 37.6 Å². The molecule has 16 heavy (non-hydrogen) atoms. The fourth-order valence-electron chi connectivity index (χ4n) is 1.52. The minimum atomic E-state index is 0.114. The lowest BCUT2D eigenvalue weighted by atomic mass is 10.2. The second-order valence-electron chi connectivity index (χ2n) is 3.67. The van der Waals surface area contributed by atoms with E-state index in [0.29, 0.717) is 13.2 Å². The van der Waals surface area contributed by atoms with Crippen LogP contribution in [0.1, 0.15) is 26.7 Å². The van der Waals surface area contributed by atoms with Gasteiger partial charge in [0.2, 0.25) is 0 Å². The summed E-state index contributed by atoms with van der Waals surface area (Å²) in [5.41, 5.74) is 5.63. The third-order valence-corrected chi connectivity index (χ3v) is 2.31. The topological polar surface area (TPSA) is 44.5 Å². The largest absolute Gasteiger partial charge is 0.494 e. The molecule has 0 heterocycles. The zero-order chi connectivity index (χ0) is 11.8. The lowest BCUT2D eigenvalue weighted by molar-refractivity contribution is 0.197. The Labute approximate surface area is 97.6 Å². The molecule has 0 aliphatic heterocycles. The van der Waals surface area contributed by atoms with E-state index in [1.54, 1.807) is 0 Å². The maximum absolute atomic E-state index is 5.76. The van der Waals surface area contributed by atoms with E-state index in [0.717, 1.165) is 24.3 Å². The van der Waals surface area contributed by atoms with Gasteiger partial charge >= 0.3 is 0 Å². The van der Waals surface area contributed by atoms with Crippen molar-refractivity contribution >= 4 is 0 Å². The molecule has 0 saturated heterocycles. The van der Waals surface area contributed by atoms with Crippen molar-refractivity contribution in [3.63, 3.8) is 0 Å². The summed E-state index contributed by atoms with van der Waals surface area (Å²) < 4.78 is 11.1. The molecule has 0 spiro atoms. The van der Waals surface area contributed by atoms with Gasteiger partial charge in [0.1, 0.15) is 17.6 Å². The molecule has 0 bridgehead atoms. The summed E-state index contributed by atoms with van der Waals surface area (Å²) in [4.78, 5) is 0. The van der Waals surface area contributed by atoms with Crippen LogP contribution in [-0.4, -0.2) is 19.3 Å². The molecular weight excluding hydrogens is 202 g/mol. The number of nitrogens with two attached hydrogens (primary N) is 1. The van der Waals surface area contributed by atoms with Gasteiger partial charge in [-0.15, -0.1) is 0 Å². The summed E-state index contributed by atoms with van der Waals surface area (Å²) in [7, 11) is 0. The van der Waals surface area contributed by atoms with Crippen LogP contribution in [0.3, 0.4) is 0 Å². The first-order valence-corrected chi connectivity index (χ1v) is 5.89. The summed E-state index contributed by atoms with van der Waals surface area (Å²) in [5.74, 6) is 1.72. The summed E-state index contributed by atoms with van der Waals surface area (Å²) >= 11 is 0. The van der Waals surface area contributed by atoms with Crippen LogP contribution in [0.2, 0.25) is 0 Å². The molecule has 0 fully saturated rings. The third-order valence-electron chi connectivity index (χ3n) is 2.31. The standard InChI is InChI=1S/C13H21NO2/c1-3-5-13(10-14)16-12-8-6-11(7-9-12)15-4-2/h6-9,13H,3-5,10,14H2,1-2H3. The van der Waals surface area contributed by atoms with Crippen LogP contribution < -0.4 is 15.2 Å². The predicted molar refractivity (Wildman–Crippen MR) is 66.0 cm³/mol. The van der Waals surface area contributed by atoms with Crippen LogP contribution in [0, 0.1) is 0 Å². The van der Waals surface area contributed by atoms with Crippen molar-refractivity contribution in [2.75, 3.05) is 13.2 Å². The fourth-order valence-corrected chi connectivity index (χ4v) is 1.52. The Hall–Kier alpha value is -1.22. The van der Waals surface area contributed by atoms with Crippen molar-refractivity contribution in [2.45, 2.75) is 32.8 Å². The van der Waals surface area contributed by atoms with Gasteiger partial charge in [0.15, 0.2) is 0 Å². The van der Waals surface area contributed by atoms with Crippen LogP contribution in [0.15, 0.2) is 24.3 Å². The molecule has 0 amide bonds. The van der Waals surface area contributed by atoms with Gasteiger partial charge < -0.3 is 15.2 Å². The molecule has 1 aromatic carbocycles. The molecule has 3 nitrogen and oxygen atoms in total. The van der Waals surface area contributed by atoms with Crippen LogP contribution in [0.5, 0.6) is 11.5 Å². The van der Waals surface area contributed by atoms with Gasteiger partial charge in [0.25, 0.3) is 0 Å². The van der Waals surface area contributed by atoms with E-state index in [1.165, 1.54) is 0 Å². The molecule has 0 radical (unpaired) electrons. The van der Waals surface area contributed by atoms with Crippen LogP contribution in [-0.2, 0) is 0 Å². The highest BCUT2D eigenvalue weighted by Crippen LogP contribution is 2.19. The zero-order valence-electron chi connectivity index (χ0n) is 10.1. The maximum Gasteiger partial charge on any atom is 0.120 e. The zero-order valence-corrected chi connectivity index (χ0v) is 10.1. The van der Waals surface area contributed by atoms with Gasteiger partial charge in [0.05, 0.1) is 6.61 Å². The van der Waals surface area contributed by atoms with Gasteiger partial charge in [-0.25, -0.2) is 0 Å². The Morgan fingerprint density at radius 2 is 1.75 bits per heavy atom. The lowest BCUT2D eigenvalue weighted by Crippen LogP contribution is -2.26. The van der Waals surface area contributed by atoms with Crippen molar-refractivity contribution < 1.29 is 9.47 Å². The minimum absolute atomic E-state index is 0.114. The molecule has 1 rings (SSSR count). The monoisotopic (exact) mass is 223 g/mol. The molecule has 0 aliphatic rings. The van der Waals surface area contributed by atoms with Crippen LogP contribution >= 0.6 is 0 Å². The van der Waals surface area contributed by atoms with E-state index in [-0.39, 0.29) is 6.10 Å². The number of benzene rings is 1. The highest BCUT2D eigenvalue weighted by Gasteiger charge is 2.06. The number of hydrogen-bond donors (Lipinski definition) is 1. The quantitative estimate of drug-likeness (QED) is 0.772. The molecule has 1 atom stereocenters. The number of hydrogen-bond acceptors (Lipinski definition) is 3. The van der Waals surface area contributed by atoms with E-state index < -0.39 is 0 Å². The minimum Gasteiger partial charge on any atom is -0.494 e. The predicted octanol–water partition coefficient (Wildman–Crippen LogP) is 2.59. The highest BCUT2D eigenvalue weighted by molar-refractivity contribution is 5.31. The second kappa shape index (κ2) is 7.12. The Bertz CT molecular complexity index is 284. The van der Waals surface area contributed by atoms with Gasteiger partial charge in [-0.1, -0.05) is 13.3 Å². The Balaban J connectivity index is 2.53. The first kappa shape index (κ1) is 12.8. The molecule has 90 valence electrons. The summed E-state index contributed by atoms with van der Waals surface area (Å²) in [6.45, 7) is 5.34. The van der Waals surface area contributed by atoms with Crippen LogP contribution in [0.4, 0.5) is 0 Å². The Morgan fingerprint density at radius 3 is 2.25 bits per heavy atom. The van der Waals surface area contributed by atoms with E-state index >= 15 is 0 Å². The molecule has 1 unspecified atom stereocenters. The van der Waals surface area contributed by atoms with Gasteiger partial charge in [0, 0.05) is 6.54 Å². The number of ether oxygens (including phenoxy) is 2. The normalized spacial score (nSPS) is 12.2. The van der Waals surface area contributed by atoms with Crippen molar-refractivity contribution in [2.24, 2.45) is 5.73 Å². The Kier molecular flexibility index (Phi) is 5.72. The average molecular weight is 223 g/mol. The number of rotatable bonds is 7. The first-order chi connectivity index (χ1) is 7.80. The van der Waals surface area contributed by atoms with Crippen molar-refractivity contribution in [3.05, 3.63) is 24.3 Å². The summed E-state index contributed by atoms with van der Waals surface area (Å²) in [6, 6.07) is 7.67. The smallest absolute Gasteiger partial charge is 0.120 e. The molecular formula is C13H21NO2. The van der Waals surface area contributed by atoms with E-state index in [2.05, 4.69) is 6.92 Å². The highest BCUT2D eigenvalue weighted by atomic mass is 16.5. The molecule has 0 aliphatic carbocycles. The van der Waals surface area contributed by atoms with Crippen molar-refractivity contribution in [1.82, 2.24) is 0 Å². The second-order valence-corrected chi connectivity index (χ2v) is 3.67. The molecule has 0 saturated carbocycles. The molecule has 1 aromatic rings. The van der Waals surface area contributed by atoms with Crippen LogP contribution in [0.25, 0.3) is 0 Å². The van der Waals surface area contributed by atoms with E-state index in [4.69, 9.17) is 15.2 Å². The fraction of sp³-hybridized carbons (Fsp3) is 0.538. The van der Waals surface area contributed by atoms with Crippen molar-refractivity contribution in [3.8, 4) is 11.5 Å². The summed E-state index contributed by atoms with van der Waals surface area (Å²) in [6.07, 6.45) is 2.19. The van der Waals surface area contributed by atoms with Gasteiger partial charge in [-0.2, -0.15) is 0 Å². The average Bonchev–Trinajstić information content (AvgIpc) is 2.31. The molecule has 2 N–H and O–H groups in total.